The molecule has 4 nitrogen and oxygen atoms in total. The molecule has 1 saturated heterocycles. The van der Waals surface area contributed by atoms with Crippen molar-refractivity contribution in [1.82, 2.24) is 4.90 Å². The molecule has 7 heteroatoms. The van der Waals surface area contributed by atoms with Crippen molar-refractivity contribution in [3.05, 3.63) is 35.4 Å². The number of aliphatic hydroxyl groups excluding tert-OH is 1. The lowest BCUT2D eigenvalue weighted by molar-refractivity contribution is -0.137. The largest absolute Gasteiger partial charge is 0.443 e. The smallest absolute Gasteiger partial charge is 0.416 e. The normalized spacial score (nSPS) is 28.8. The number of nitrogens with zero attached hydrogens (tertiary/aromatic N) is 1. The molecule has 0 unspecified atom stereocenters. The molecule has 0 bridgehead atoms. The Morgan fingerprint density at radius 1 is 1.20 bits per heavy atom. The highest BCUT2D eigenvalue weighted by atomic mass is 19.4. The Balaban J connectivity index is 1.67. The van der Waals surface area contributed by atoms with Gasteiger partial charge in [0.05, 0.1) is 17.7 Å². The van der Waals surface area contributed by atoms with E-state index in [0.29, 0.717) is 44.2 Å². The van der Waals surface area contributed by atoms with Crippen molar-refractivity contribution < 1.29 is 27.8 Å². The predicted molar refractivity (Wildman–Crippen MR) is 84.9 cm³/mol. The number of carbonyl (C=O) groups is 1. The first-order valence-corrected chi connectivity index (χ1v) is 8.55. The Labute approximate surface area is 144 Å². The maximum absolute atomic E-state index is 12.7. The van der Waals surface area contributed by atoms with Gasteiger partial charge in [-0.2, -0.15) is 13.2 Å². The molecule has 0 aromatic heterocycles. The molecule has 1 saturated carbocycles. The number of benzene rings is 1. The Kier molecular flexibility index (Phi) is 4.70. The highest BCUT2D eigenvalue weighted by Crippen LogP contribution is 2.40. The zero-order valence-corrected chi connectivity index (χ0v) is 14.1. The van der Waals surface area contributed by atoms with E-state index < -0.39 is 23.4 Å². The van der Waals surface area contributed by atoms with E-state index in [-0.39, 0.29) is 12.1 Å². The molecule has 1 aromatic carbocycles. The number of alkyl halides is 3. The fourth-order valence-corrected chi connectivity index (χ4v) is 3.67. The number of hydrogen-bond donors (Lipinski definition) is 1. The van der Waals surface area contributed by atoms with E-state index in [4.69, 9.17) is 4.74 Å². The van der Waals surface area contributed by atoms with Gasteiger partial charge in [0.1, 0.15) is 5.60 Å². The van der Waals surface area contributed by atoms with Crippen molar-refractivity contribution >= 4 is 6.09 Å². The first-order valence-electron chi connectivity index (χ1n) is 8.55. The molecule has 1 spiro atoms. The highest BCUT2D eigenvalue weighted by molar-refractivity contribution is 5.69. The molecule has 0 radical (unpaired) electrons. The molecule has 3 rings (SSSR count). The van der Waals surface area contributed by atoms with Gasteiger partial charge in [0, 0.05) is 13.0 Å². The fraction of sp³-hybridized carbons (Fsp3) is 0.611. The monoisotopic (exact) mass is 357 g/mol. The Hall–Kier alpha value is -1.76. The van der Waals surface area contributed by atoms with E-state index in [1.807, 2.05) is 0 Å². The van der Waals surface area contributed by atoms with Gasteiger partial charge in [-0.15, -0.1) is 0 Å². The second kappa shape index (κ2) is 6.52. The van der Waals surface area contributed by atoms with E-state index in [9.17, 15) is 23.1 Å². The van der Waals surface area contributed by atoms with Crippen LogP contribution in [0.2, 0.25) is 0 Å². The summed E-state index contributed by atoms with van der Waals surface area (Å²) in [6.45, 7) is 2.28. The van der Waals surface area contributed by atoms with Crippen LogP contribution in [0.25, 0.3) is 0 Å². The van der Waals surface area contributed by atoms with Crippen molar-refractivity contribution in [3.63, 3.8) is 0 Å². The number of amides is 1. The van der Waals surface area contributed by atoms with Gasteiger partial charge < -0.3 is 14.7 Å². The summed E-state index contributed by atoms with van der Waals surface area (Å²) in [5, 5.41) is 9.63. The first-order chi connectivity index (χ1) is 11.7. The van der Waals surface area contributed by atoms with Crippen LogP contribution >= 0.6 is 0 Å². The van der Waals surface area contributed by atoms with Crippen LogP contribution in [0.3, 0.4) is 0 Å². The molecule has 25 heavy (non-hydrogen) atoms. The Morgan fingerprint density at radius 2 is 1.80 bits per heavy atom. The van der Waals surface area contributed by atoms with Gasteiger partial charge in [-0.1, -0.05) is 12.1 Å². The second-order valence-electron chi connectivity index (χ2n) is 7.02. The quantitative estimate of drug-likeness (QED) is 0.859. The summed E-state index contributed by atoms with van der Waals surface area (Å²) < 4.78 is 43.7. The fourth-order valence-electron chi connectivity index (χ4n) is 3.67. The maximum Gasteiger partial charge on any atom is 0.416 e. The van der Waals surface area contributed by atoms with Crippen LogP contribution in [0, 0.1) is 0 Å². The van der Waals surface area contributed by atoms with E-state index >= 15 is 0 Å². The third kappa shape index (κ3) is 3.76. The van der Waals surface area contributed by atoms with Gasteiger partial charge in [-0.3, -0.25) is 0 Å². The van der Waals surface area contributed by atoms with Gasteiger partial charge in [0.25, 0.3) is 0 Å². The van der Waals surface area contributed by atoms with Crippen LogP contribution in [0.1, 0.15) is 56.2 Å². The molecule has 1 aliphatic heterocycles. The lowest BCUT2D eigenvalue weighted by Crippen LogP contribution is -2.52. The van der Waals surface area contributed by atoms with E-state index in [1.165, 1.54) is 12.1 Å². The summed E-state index contributed by atoms with van der Waals surface area (Å²) in [5.74, 6) is 0. The zero-order chi connectivity index (χ0) is 18.2. The summed E-state index contributed by atoms with van der Waals surface area (Å²) in [6.07, 6.45) is -1.89. The van der Waals surface area contributed by atoms with Crippen LogP contribution in [0.4, 0.5) is 18.0 Å². The van der Waals surface area contributed by atoms with Gasteiger partial charge >= 0.3 is 12.3 Å². The van der Waals surface area contributed by atoms with E-state index in [0.717, 1.165) is 12.1 Å². The van der Waals surface area contributed by atoms with Gasteiger partial charge in [-0.05, 0) is 50.3 Å². The minimum absolute atomic E-state index is 0.326. The molecular formula is C18H22F3NO3. The first kappa shape index (κ1) is 18.0. The average Bonchev–Trinajstić information content (AvgIpc) is 2.57. The SMILES string of the molecule is C[C@@H](c1ccc(C(F)(F)F)cc1)N1CC[C@]2(CC[C@@H](O)CC2)OC1=O. The number of ether oxygens (including phenoxy) is 1. The third-order valence-corrected chi connectivity index (χ3v) is 5.40. The Bertz CT molecular complexity index is 621. The number of carbonyl (C=O) groups excluding carboxylic acids is 1. The third-order valence-electron chi connectivity index (χ3n) is 5.40. The molecule has 2 aliphatic rings. The number of halogens is 3. The number of hydrogen-bond acceptors (Lipinski definition) is 3. The molecule has 2 fully saturated rings. The minimum atomic E-state index is -4.37. The van der Waals surface area contributed by atoms with Crippen molar-refractivity contribution in [3.8, 4) is 0 Å². The second-order valence-corrected chi connectivity index (χ2v) is 7.02. The van der Waals surface area contributed by atoms with Gasteiger partial charge in [-0.25, -0.2) is 4.79 Å². The molecule has 1 atom stereocenters. The maximum atomic E-state index is 12.7. The van der Waals surface area contributed by atoms with Crippen LogP contribution in [0.5, 0.6) is 0 Å². The standard InChI is InChI=1S/C18H22F3NO3/c1-12(13-2-4-14(5-3-13)18(19,20)21)22-11-10-17(25-16(22)24)8-6-15(23)7-9-17/h2-5,12,15,23H,6-11H2,1H3/t12-,15-,17-/m0/s1. The lowest BCUT2D eigenvalue weighted by atomic mass is 9.80. The Morgan fingerprint density at radius 3 is 2.32 bits per heavy atom. The molecule has 138 valence electrons. The van der Waals surface area contributed by atoms with Crippen molar-refractivity contribution in [1.29, 1.82) is 0 Å². The summed E-state index contributed by atoms with van der Waals surface area (Å²) in [4.78, 5) is 14.0. The van der Waals surface area contributed by atoms with Crippen molar-refractivity contribution in [2.45, 2.75) is 63.0 Å². The van der Waals surface area contributed by atoms with Crippen LogP contribution in [-0.2, 0) is 10.9 Å². The van der Waals surface area contributed by atoms with Crippen LogP contribution in [-0.4, -0.2) is 34.3 Å². The molecule has 1 N–H and O–H groups in total. The molecule has 1 aliphatic carbocycles. The minimum Gasteiger partial charge on any atom is -0.443 e. The number of aliphatic hydroxyl groups is 1. The molecule has 1 heterocycles. The van der Waals surface area contributed by atoms with Crippen molar-refractivity contribution in [2.24, 2.45) is 0 Å². The highest BCUT2D eigenvalue weighted by Gasteiger charge is 2.44. The van der Waals surface area contributed by atoms with E-state index in [2.05, 4.69) is 0 Å². The molecule has 1 aromatic rings. The summed E-state index contributed by atoms with van der Waals surface area (Å²) in [6, 6.07) is 4.52. The lowest BCUT2D eigenvalue weighted by Gasteiger charge is -2.45. The number of rotatable bonds is 2. The molecule has 1 amide bonds. The van der Waals surface area contributed by atoms with E-state index in [1.54, 1.807) is 11.8 Å². The summed E-state index contributed by atoms with van der Waals surface area (Å²) in [5.41, 5.74) is -0.559. The summed E-state index contributed by atoms with van der Waals surface area (Å²) in [7, 11) is 0. The zero-order valence-electron chi connectivity index (χ0n) is 14.1. The molecular weight excluding hydrogens is 335 g/mol. The van der Waals surface area contributed by atoms with Crippen LogP contribution in [0.15, 0.2) is 24.3 Å². The van der Waals surface area contributed by atoms with Gasteiger partial charge in [0.2, 0.25) is 0 Å². The van der Waals surface area contributed by atoms with Crippen molar-refractivity contribution in [2.75, 3.05) is 6.54 Å². The van der Waals surface area contributed by atoms with Crippen LogP contribution < -0.4 is 0 Å². The predicted octanol–water partition coefficient (Wildman–Crippen LogP) is 4.28. The summed E-state index contributed by atoms with van der Waals surface area (Å²) >= 11 is 0. The van der Waals surface area contributed by atoms with Gasteiger partial charge in [0.15, 0.2) is 0 Å². The average molecular weight is 357 g/mol. The topological polar surface area (TPSA) is 49.8 Å².